The number of pyridine rings is 1. The lowest BCUT2D eigenvalue weighted by atomic mass is 10.1. The third-order valence-electron chi connectivity index (χ3n) is 3.32. The molecule has 3 rings (SSSR count). The first-order valence-corrected chi connectivity index (χ1v) is 7.88. The highest BCUT2D eigenvalue weighted by Gasteiger charge is 2.10. The molecule has 114 valence electrons. The highest BCUT2D eigenvalue weighted by atomic mass is 79.9. The molecule has 0 fully saturated rings. The van der Waals surface area contributed by atoms with Crippen LogP contribution in [0.25, 0.3) is 10.9 Å². The summed E-state index contributed by atoms with van der Waals surface area (Å²) in [4.78, 5) is 16.8. The summed E-state index contributed by atoms with van der Waals surface area (Å²) < 4.78 is 0.962. The number of aryl methyl sites for hydroxylation is 1. The molecule has 1 amide bonds. The molecular formula is C18H14BrN3O. The Morgan fingerprint density at radius 1 is 1.17 bits per heavy atom. The van der Waals surface area contributed by atoms with Crippen molar-refractivity contribution in [2.24, 2.45) is 5.10 Å². The number of rotatable bonds is 3. The van der Waals surface area contributed by atoms with Crippen LogP contribution in [0, 0.1) is 6.92 Å². The van der Waals surface area contributed by atoms with Gasteiger partial charge in [0.15, 0.2) is 0 Å². The molecule has 0 aliphatic rings. The number of carbonyl (C=O) groups excluding carboxylic acids is 1. The Bertz CT molecular complexity index is 906. The monoisotopic (exact) mass is 367 g/mol. The summed E-state index contributed by atoms with van der Waals surface area (Å²) in [5.74, 6) is -0.252. The molecular weight excluding hydrogens is 354 g/mol. The van der Waals surface area contributed by atoms with E-state index in [9.17, 15) is 4.79 Å². The fourth-order valence-electron chi connectivity index (χ4n) is 2.31. The highest BCUT2D eigenvalue weighted by molar-refractivity contribution is 9.10. The quantitative estimate of drug-likeness (QED) is 0.560. The summed E-state index contributed by atoms with van der Waals surface area (Å²) in [6.45, 7) is 1.87. The van der Waals surface area contributed by atoms with Crippen LogP contribution < -0.4 is 5.43 Å². The van der Waals surface area contributed by atoms with Gasteiger partial charge in [-0.25, -0.2) is 5.43 Å². The van der Waals surface area contributed by atoms with E-state index in [-0.39, 0.29) is 5.91 Å². The molecule has 0 aliphatic heterocycles. The Morgan fingerprint density at radius 2 is 2.00 bits per heavy atom. The topological polar surface area (TPSA) is 54.4 Å². The van der Waals surface area contributed by atoms with Crippen molar-refractivity contribution >= 4 is 39.0 Å². The summed E-state index contributed by atoms with van der Waals surface area (Å²) in [5.41, 5.74) is 5.64. The number of nitrogens with one attached hydrogen (secondary N) is 1. The number of amides is 1. The fraction of sp³-hybridized carbons (Fsp3) is 0.0556. The van der Waals surface area contributed by atoms with Gasteiger partial charge < -0.3 is 0 Å². The van der Waals surface area contributed by atoms with Crippen LogP contribution in [0.15, 0.2) is 64.2 Å². The molecule has 1 N–H and O–H groups in total. The zero-order valence-corrected chi connectivity index (χ0v) is 14.0. The number of fused-ring (bicyclic) bond motifs is 1. The second-order valence-corrected chi connectivity index (χ2v) is 6.00. The Kier molecular flexibility index (Phi) is 4.48. The molecule has 4 nitrogen and oxygen atoms in total. The first-order valence-electron chi connectivity index (χ1n) is 7.09. The summed E-state index contributed by atoms with van der Waals surface area (Å²) in [6, 6.07) is 17.0. The standard InChI is InChI=1S/C18H14BrN3O/c1-12-9-16(15-7-2-3-8-17(15)21-12)18(23)22-20-11-13-5-4-6-14(19)10-13/h2-11H,1H3,(H,22,23)/b20-11+. The largest absolute Gasteiger partial charge is 0.272 e. The predicted molar refractivity (Wildman–Crippen MR) is 95.7 cm³/mol. The zero-order chi connectivity index (χ0) is 16.2. The SMILES string of the molecule is Cc1cc(C(=O)N/N=C/c2cccc(Br)c2)c2ccccc2n1. The molecule has 5 heteroatoms. The average Bonchev–Trinajstić information content (AvgIpc) is 2.54. The molecule has 0 atom stereocenters. The molecule has 1 heterocycles. The lowest BCUT2D eigenvalue weighted by Gasteiger charge is -2.06. The van der Waals surface area contributed by atoms with Gasteiger partial charge in [0.1, 0.15) is 0 Å². The van der Waals surface area contributed by atoms with Gasteiger partial charge in [-0.3, -0.25) is 9.78 Å². The van der Waals surface area contributed by atoms with Crippen molar-refractivity contribution in [3.63, 3.8) is 0 Å². The first-order chi connectivity index (χ1) is 11.1. The van der Waals surface area contributed by atoms with Gasteiger partial charge in [-0.05, 0) is 36.8 Å². The van der Waals surface area contributed by atoms with E-state index < -0.39 is 0 Å². The lowest BCUT2D eigenvalue weighted by Crippen LogP contribution is -2.18. The van der Waals surface area contributed by atoms with Gasteiger partial charge in [-0.2, -0.15) is 5.10 Å². The fourth-order valence-corrected chi connectivity index (χ4v) is 2.73. The zero-order valence-electron chi connectivity index (χ0n) is 12.5. The second kappa shape index (κ2) is 6.71. The molecule has 0 unspecified atom stereocenters. The van der Waals surface area contributed by atoms with Crippen LogP contribution in [0.1, 0.15) is 21.6 Å². The van der Waals surface area contributed by atoms with E-state index >= 15 is 0 Å². The molecule has 3 aromatic rings. The van der Waals surface area contributed by atoms with Crippen LogP contribution in [-0.2, 0) is 0 Å². The molecule has 0 bridgehead atoms. The molecule has 0 saturated carbocycles. The van der Waals surface area contributed by atoms with Crippen molar-refractivity contribution in [2.45, 2.75) is 6.92 Å². The summed E-state index contributed by atoms with van der Waals surface area (Å²) in [5, 5.41) is 4.84. The van der Waals surface area contributed by atoms with Crippen LogP contribution in [0.5, 0.6) is 0 Å². The van der Waals surface area contributed by atoms with Crippen LogP contribution in [0.2, 0.25) is 0 Å². The average molecular weight is 368 g/mol. The van der Waals surface area contributed by atoms with E-state index in [0.717, 1.165) is 26.6 Å². The minimum atomic E-state index is -0.252. The second-order valence-electron chi connectivity index (χ2n) is 5.08. The van der Waals surface area contributed by atoms with E-state index in [1.165, 1.54) is 0 Å². The summed E-state index contributed by atoms with van der Waals surface area (Å²) in [7, 11) is 0. The number of hydrogen-bond acceptors (Lipinski definition) is 3. The Morgan fingerprint density at radius 3 is 2.83 bits per heavy atom. The van der Waals surface area contributed by atoms with Gasteiger partial charge in [-0.1, -0.05) is 46.3 Å². The van der Waals surface area contributed by atoms with Crippen LogP contribution in [-0.4, -0.2) is 17.1 Å². The van der Waals surface area contributed by atoms with E-state index in [1.807, 2.05) is 55.5 Å². The van der Waals surface area contributed by atoms with E-state index in [1.54, 1.807) is 12.3 Å². The van der Waals surface area contributed by atoms with Crippen LogP contribution in [0.4, 0.5) is 0 Å². The molecule has 23 heavy (non-hydrogen) atoms. The van der Waals surface area contributed by atoms with Crippen molar-refractivity contribution in [1.29, 1.82) is 0 Å². The van der Waals surface area contributed by atoms with Gasteiger partial charge in [0.25, 0.3) is 5.91 Å². The van der Waals surface area contributed by atoms with E-state index in [4.69, 9.17) is 0 Å². The number of aromatic nitrogens is 1. The maximum Gasteiger partial charge on any atom is 0.272 e. The number of benzene rings is 2. The summed E-state index contributed by atoms with van der Waals surface area (Å²) in [6.07, 6.45) is 1.61. The number of hydrogen-bond donors (Lipinski definition) is 1. The number of halogens is 1. The van der Waals surface area contributed by atoms with Crippen molar-refractivity contribution in [3.8, 4) is 0 Å². The molecule has 0 aliphatic carbocycles. The van der Waals surface area contributed by atoms with Gasteiger partial charge >= 0.3 is 0 Å². The van der Waals surface area contributed by atoms with Gasteiger partial charge in [0, 0.05) is 15.6 Å². The highest BCUT2D eigenvalue weighted by Crippen LogP contribution is 2.18. The molecule has 0 spiro atoms. The first kappa shape index (κ1) is 15.4. The Balaban J connectivity index is 1.84. The van der Waals surface area contributed by atoms with E-state index in [0.29, 0.717) is 5.56 Å². The van der Waals surface area contributed by atoms with Crippen LogP contribution >= 0.6 is 15.9 Å². The predicted octanol–water partition coefficient (Wildman–Crippen LogP) is 4.07. The molecule has 0 radical (unpaired) electrons. The minimum Gasteiger partial charge on any atom is -0.267 e. The van der Waals surface area contributed by atoms with Crippen molar-refractivity contribution in [3.05, 3.63) is 75.9 Å². The maximum absolute atomic E-state index is 12.4. The number of hydrazone groups is 1. The molecule has 2 aromatic carbocycles. The van der Waals surface area contributed by atoms with Crippen LogP contribution in [0.3, 0.4) is 0 Å². The third-order valence-corrected chi connectivity index (χ3v) is 3.81. The number of carbonyl (C=O) groups is 1. The van der Waals surface area contributed by atoms with Gasteiger partial charge in [0.05, 0.1) is 17.3 Å². The smallest absolute Gasteiger partial charge is 0.267 e. The molecule has 1 aromatic heterocycles. The number of nitrogens with zero attached hydrogens (tertiary/aromatic N) is 2. The Labute approximate surface area is 142 Å². The number of para-hydroxylation sites is 1. The normalized spacial score (nSPS) is 11.0. The Hall–Kier alpha value is -2.53. The lowest BCUT2D eigenvalue weighted by molar-refractivity contribution is 0.0956. The molecule has 0 saturated heterocycles. The minimum absolute atomic E-state index is 0.252. The third kappa shape index (κ3) is 3.63. The van der Waals surface area contributed by atoms with Gasteiger partial charge in [0.2, 0.25) is 0 Å². The van der Waals surface area contributed by atoms with Crippen molar-refractivity contribution < 1.29 is 4.79 Å². The maximum atomic E-state index is 12.4. The van der Waals surface area contributed by atoms with Gasteiger partial charge in [-0.15, -0.1) is 0 Å². The summed E-state index contributed by atoms with van der Waals surface area (Å²) >= 11 is 3.40. The van der Waals surface area contributed by atoms with Crippen molar-refractivity contribution in [1.82, 2.24) is 10.4 Å². The van der Waals surface area contributed by atoms with Crippen molar-refractivity contribution in [2.75, 3.05) is 0 Å². The van der Waals surface area contributed by atoms with E-state index in [2.05, 4.69) is 31.4 Å².